The van der Waals surface area contributed by atoms with Gasteiger partial charge < -0.3 is 10.1 Å². The molecule has 1 N–H and O–H groups in total. The molecule has 0 saturated heterocycles. The van der Waals surface area contributed by atoms with Gasteiger partial charge in [-0.05, 0) is 44.0 Å². The molecule has 2 heterocycles. The van der Waals surface area contributed by atoms with Crippen molar-refractivity contribution in [1.82, 2.24) is 19.8 Å². The van der Waals surface area contributed by atoms with E-state index in [9.17, 15) is 4.39 Å². The van der Waals surface area contributed by atoms with E-state index in [0.717, 1.165) is 24.3 Å². The maximum absolute atomic E-state index is 14.2. The molecule has 24 heavy (non-hydrogen) atoms. The zero-order valence-corrected chi connectivity index (χ0v) is 13.5. The molecule has 1 atom stereocenters. The van der Waals surface area contributed by atoms with Crippen LogP contribution in [-0.4, -0.2) is 26.9 Å². The predicted octanol–water partition coefficient (Wildman–Crippen LogP) is 3.32. The lowest BCUT2D eigenvalue weighted by Crippen LogP contribution is -2.12. The maximum Gasteiger partial charge on any atom is 0.178 e. The Kier molecular flexibility index (Phi) is 3.55. The van der Waals surface area contributed by atoms with Gasteiger partial charge in [-0.25, -0.2) is 4.39 Å². The van der Waals surface area contributed by atoms with E-state index >= 15 is 0 Å². The normalized spacial score (nSPS) is 15.5. The standard InChI is InChI=1S/C17H18FN5O/c1-10(16-12(18)4-3-5-13(16)24-2)19-14-8-9-15-20-21-17(11-6-7-11)23(15)22-14/h3-5,8-11H,6-7H2,1-2H3,(H,19,22)/t10-/m0/s1. The molecule has 0 amide bonds. The lowest BCUT2D eigenvalue weighted by Gasteiger charge is -2.18. The number of benzene rings is 1. The summed E-state index contributed by atoms with van der Waals surface area (Å²) in [7, 11) is 1.54. The third-order valence-corrected chi connectivity index (χ3v) is 4.26. The summed E-state index contributed by atoms with van der Waals surface area (Å²) in [5.74, 6) is 2.19. The average Bonchev–Trinajstić information content (AvgIpc) is 3.34. The van der Waals surface area contributed by atoms with Crippen LogP contribution in [0.1, 0.15) is 43.1 Å². The molecule has 1 aromatic carbocycles. The average molecular weight is 327 g/mol. The van der Waals surface area contributed by atoms with Crippen LogP contribution in [0.2, 0.25) is 0 Å². The number of fused-ring (bicyclic) bond motifs is 1. The van der Waals surface area contributed by atoms with Gasteiger partial charge in [0.1, 0.15) is 17.4 Å². The van der Waals surface area contributed by atoms with Crippen molar-refractivity contribution in [3.63, 3.8) is 0 Å². The van der Waals surface area contributed by atoms with Crippen molar-refractivity contribution in [2.75, 3.05) is 12.4 Å². The van der Waals surface area contributed by atoms with Crippen LogP contribution < -0.4 is 10.1 Å². The monoisotopic (exact) mass is 327 g/mol. The number of nitrogens with zero attached hydrogens (tertiary/aromatic N) is 4. The Bertz CT molecular complexity index is 890. The van der Waals surface area contributed by atoms with Crippen molar-refractivity contribution in [2.24, 2.45) is 0 Å². The van der Waals surface area contributed by atoms with E-state index in [4.69, 9.17) is 4.74 Å². The van der Waals surface area contributed by atoms with E-state index in [1.807, 2.05) is 19.1 Å². The summed E-state index contributed by atoms with van der Waals surface area (Å²) < 4.78 is 21.3. The van der Waals surface area contributed by atoms with Gasteiger partial charge in [-0.1, -0.05) is 6.07 Å². The Balaban J connectivity index is 1.65. The van der Waals surface area contributed by atoms with Crippen molar-refractivity contribution in [1.29, 1.82) is 0 Å². The lowest BCUT2D eigenvalue weighted by atomic mass is 10.1. The molecule has 0 aliphatic heterocycles. The zero-order valence-electron chi connectivity index (χ0n) is 13.5. The van der Waals surface area contributed by atoms with Crippen LogP contribution in [0.25, 0.3) is 5.65 Å². The molecule has 0 bridgehead atoms. The van der Waals surface area contributed by atoms with Gasteiger partial charge in [0.05, 0.1) is 18.7 Å². The minimum Gasteiger partial charge on any atom is -0.496 e. The summed E-state index contributed by atoms with van der Waals surface area (Å²) in [5, 5.41) is 16.2. The maximum atomic E-state index is 14.2. The Morgan fingerprint density at radius 2 is 2.08 bits per heavy atom. The molecule has 0 unspecified atom stereocenters. The van der Waals surface area contributed by atoms with E-state index in [0.29, 0.717) is 23.0 Å². The SMILES string of the molecule is COc1cccc(F)c1[C@H](C)Nc1ccc2nnc(C3CC3)n2n1. The number of methoxy groups -OCH3 is 1. The van der Waals surface area contributed by atoms with Crippen LogP contribution in [0.15, 0.2) is 30.3 Å². The fourth-order valence-corrected chi connectivity index (χ4v) is 2.89. The number of hydrogen-bond donors (Lipinski definition) is 1. The quantitative estimate of drug-likeness (QED) is 0.779. The molecule has 1 fully saturated rings. The third kappa shape index (κ3) is 2.55. The van der Waals surface area contributed by atoms with Crippen molar-refractivity contribution >= 4 is 11.5 Å². The van der Waals surface area contributed by atoms with Gasteiger partial charge in [0.15, 0.2) is 11.5 Å². The predicted molar refractivity (Wildman–Crippen MR) is 87.7 cm³/mol. The fourth-order valence-electron chi connectivity index (χ4n) is 2.89. The molecule has 0 radical (unpaired) electrons. The molecular formula is C17H18FN5O. The number of ether oxygens (including phenoxy) is 1. The summed E-state index contributed by atoms with van der Waals surface area (Å²) >= 11 is 0. The highest BCUT2D eigenvalue weighted by atomic mass is 19.1. The molecule has 124 valence electrons. The Labute approximate surface area is 138 Å². The first-order valence-electron chi connectivity index (χ1n) is 7.98. The van der Waals surface area contributed by atoms with Crippen LogP contribution in [-0.2, 0) is 0 Å². The summed E-state index contributed by atoms with van der Waals surface area (Å²) in [6, 6.07) is 8.19. The van der Waals surface area contributed by atoms with Gasteiger partial charge in [-0.2, -0.15) is 4.52 Å². The van der Waals surface area contributed by atoms with Crippen molar-refractivity contribution in [3.8, 4) is 5.75 Å². The number of hydrogen-bond acceptors (Lipinski definition) is 5. The molecule has 2 aromatic heterocycles. The largest absolute Gasteiger partial charge is 0.496 e. The van der Waals surface area contributed by atoms with Crippen LogP contribution in [0.3, 0.4) is 0 Å². The number of aromatic nitrogens is 4. The molecule has 4 rings (SSSR count). The highest BCUT2D eigenvalue weighted by molar-refractivity contribution is 5.47. The van der Waals surface area contributed by atoms with Gasteiger partial charge in [-0.15, -0.1) is 15.3 Å². The summed E-state index contributed by atoms with van der Waals surface area (Å²) in [4.78, 5) is 0. The zero-order chi connectivity index (χ0) is 16.7. The van der Waals surface area contributed by atoms with Crippen molar-refractivity contribution in [3.05, 3.63) is 47.5 Å². The highest BCUT2D eigenvalue weighted by Gasteiger charge is 2.29. The van der Waals surface area contributed by atoms with Gasteiger partial charge >= 0.3 is 0 Å². The third-order valence-electron chi connectivity index (χ3n) is 4.26. The molecular weight excluding hydrogens is 309 g/mol. The minimum absolute atomic E-state index is 0.299. The molecule has 1 aliphatic carbocycles. The molecule has 7 heteroatoms. The van der Waals surface area contributed by atoms with E-state index in [-0.39, 0.29) is 11.9 Å². The topological polar surface area (TPSA) is 64.3 Å². The Hall–Kier alpha value is -2.70. The van der Waals surface area contributed by atoms with Crippen LogP contribution in [0, 0.1) is 5.82 Å². The van der Waals surface area contributed by atoms with Crippen LogP contribution in [0.4, 0.5) is 10.2 Å². The first-order chi connectivity index (χ1) is 11.7. The Morgan fingerprint density at radius 1 is 1.25 bits per heavy atom. The van der Waals surface area contributed by atoms with E-state index in [1.165, 1.54) is 13.2 Å². The van der Waals surface area contributed by atoms with Gasteiger partial charge in [0.2, 0.25) is 0 Å². The van der Waals surface area contributed by atoms with Gasteiger partial charge in [0, 0.05) is 5.92 Å². The molecule has 6 nitrogen and oxygen atoms in total. The first-order valence-corrected chi connectivity index (χ1v) is 7.98. The minimum atomic E-state index is -0.307. The van der Waals surface area contributed by atoms with E-state index in [2.05, 4.69) is 20.6 Å². The van der Waals surface area contributed by atoms with Crippen molar-refractivity contribution in [2.45, 2.75) is 31.7 Å². The summed E-state index contributed by atoms with van der Waals surface area (Å²) in [5.41, 5.74) is 1.20. The van der Waals surface area contributed by atoms with Crippen LogP contribution >= 0.6 is 0 Å². The first kappa shape index (κ1) is 14.9. The smallest absolute Gasteiger partial charge is 0.178 e. The molecule has 1 saturated carbocycles. The second-order valence-electron chi connectivity index (χ2n) is 6.04. The van der Waals surface area contributed by atoms with Gasteiger partial charge in [-0.3, -0.25) is 0 Å². The number of rotatable bonds is 5. The summed E-state index contributed by atoms with van der Waals surface area (Å²) in [6.45, 7) is 1.88. The number of nitrogens with one attached hydrogen (secondary N) is 1. The molecule has 0 spiro atoms. The van der Waals surface area contributed by atoms with Crippen LogP contribution in [0.5, 0.6) is 5.75 Å². The second-order valence-corrected chi connectivity index (χ2v) is 6.04. The van der Waals surface area contributed by atoms with Gasteiger partial charge in [0.25, 0.3) is 0 Å². The highest BCUT2D eigenvalue weighted by Crippen LogP contribution is 2.38. The lowest BCUT2D eigenvalue weighted by molar-refractivity contribution is 0.402. The molecule has 3 aromatic rings. The van der Waals surface area contributed by atoms with E-state index < -0.39 is 0 Å². The summed E-state index contributed by atoms with van der Waals surface area (Å²) in [6.07, 6.45) is 2.26. The number of halogens is 1. The number of anilines is 1. The fraction of sp³-hybridized carbons (Fsp3) is 0.353. The second kappa shape index (κ2) is 5.74. The van der Waals surface area contributed by atoms with Crippen molar-refractivity contribution < 1.29 is 9.13 Å². The Morgan fingerprint density at radius 3 is 2.83 bits per heavy atom. The molecule has 1 aliphatic rings. The van der Waals surface area contributed by atoms with E-state index in [1.54, 1.807) is 16.6 Å².